The molecule has 130 valence electrons. The summed E-state index contributed by atoms with van der Waals surface area (Å²) in [4.78, 5) is 15.2. The average molecular weight is 335 g/mol. The molecule has 1 heterocycles. The molecule has 1 aliphatic carbocycles. The minimum absolute atomic E-state index is 0.0626. The number of aliphatic hydroxyl groups excluding tert-OH is 1. The lowest BCUT2D eigenvalue weighted by molar-refractivity contribution is -0.141. The van der Waals surface area contributed by atoms with Crippen molar-refractivity contribution in [2.24, 2.45) is 5.92 Å². The first kappa shape index (κ1) is 16.3. The lowest BCUT2D eigenvalue weighted by Crippen LogP contribution is -2.45. The number of benzene rings is 2. The monoisotopic (exact) mass is 335 g/mol. The van der Waals surface area contributed by atoms with Crippen LogP contribution in [0.15, 0.2) is 54.6 Å². The second-order valence-electron chi connectivity index (χ2n) is 7.29. The molecule has 0 radical (unpaired) electrons. The molecule has 2 aliphatic rings. The highest BCUT2D eigenvalue weighted by Crippen LogP contribution is 2.36. The van der Waals surface area contributed by atoms with E-state index in [1.54, 1.807) is 0 Å². The number of hydrogen-bond acceptors (Lipinski definition) is 2. The van der Waals surface area contributed by atoms with Crippen LogP contribution in [0.5, 0.6) is 0 Å². The molecule has 0 saturated heterocycles. The Morgan fingerprint density at radius 2 is 1.80 bits per heavy atom. The van der Waals surface area contributed by atoms with Crippen molar-refractivity contribution in [1.82, 2.24) is 4.90 Å². The van der Waals surface area contributed by atoms with Crippen LogP contribution in [0.4, 0.5) is 0 Å². The molecule has 3 unspecified atom stereocenters. The summed E-state index contributed by atoms with van der Waals surface area (Å²) in [6.45, 7) is 0.747. The van der Waals surface area contributed by atoms with Gasteiger partial charge in [0, 0.05) is 6.54 Å². The van der Waals surface area contributed by atoms with Gasteiger partial charge < -0.3 is 10.0 Å². The van der Waals surface area contributed by atoms with Crippen LogP contribution >= 0.6 is 0 Å². The number of hydrogen-bond donors (Lipinski definition) is 1. The van der Waals surface area contributed by atoms with Gasteiger partial charge in [0.2, 0.25) is 5.91 Å². The molecule has 1 fully saturated rings. The third-order valence-corrected chi connectivity index (χ3v) is 5.76. The highest BCUT2D eigenvalue weighted by atomic mass is 16.3. The third-order valence-electron chi connectivity index (χ3n) is 5.76. The van der Waals surface area contributed by atoms with Gasteiger partial charge in [0.15, 0.2) is 0 Å². The van der Waals surface area contributed by atoms with Crippen molar-refractivity contribution in [3.63, 3.8) is 0 Å². The summed E-state index contributed by atoms with van der Waals surface area (Å²) in [7, 11) is 0. The predicted molar refractivity (Wildman–Crippen MR) is 98.1 cm³/mol. The Labute approximate surface area is 149 Å². The Hall–Kier alpha value is -2.13. The van der Waals surface area contributed by atoms with Crippen LogP contribution in [0.25, 0.3) is 0 Å². The maximum atomic E-state index is 13.2. The van der Waals surface area contributed by atoms with E-state index in [1.807, 2.05) is 11.0 Å². The molecular weight excluding hydrogens is 310 g/mol. The fourth-order valence-corrected chi connectivity index (χ4v) is 4.41. The van der Waals surface area contributed by atoms with E-state index in [9.17, 15) is 9.90 Å². The standard InChI is InChI=1S/C22H25NO2/c24-21-12-6-11-19(21)22(25)23-14-13-17-9-4-5-10-18(17)20(23)15-16-7-2-1-3-8-16/h1-5,7-10,19-21,24H,6,11-15H2. The zero-order valence-corrected chi connectivity index (χ0v) is 14.5. The first-order valence-electron chi connectivity index (χ1n) is 9.34. The molecule has 4 rings (SSSR count). The van der Waals surface area contributed by atoms with Crippen LogP contribution in [0.2, 0.25) is 0 Å². The van der Waals surface area contributed by atoms with Crippen molar-refractivity contribution in [3.8, 4) is 0 Å². The Balaban J connectivity index is 1.66. The van der Waals surface area contributed by atoms with Gasteiger partial charge in [-0.15, -0.1) is 0 Å². The summed E-state index contributed by atoms with van der Waals surface area (Å²) in [5, 5.41) is 10.2. The first-order valence-corrected chi connectivity index (χ1v) is 9.34. The zero-order chi connectivity index (χ0) is 17.2. The maximum absolute atomic E-state index is 13.2. The molecular formula is C22H25NO2. The lowest BCUT2D eigenvalue weighted by atomic mass is 9.87. The van der Waals surface area contributed by atoms with E-state index in [0.29, 0.717) is 0 Å². The number of aliphatic hydroxyl groups is 1. The number of amides is 1. The Morgan fingerprint density at radius 1 is 1.04 bits per heavy atom. The van der Waals surface area contributed by atoms with E-state index in [1.165, 1.54) is 16.7 Å². The van der Waals surface area contributed by atoms with E-state index >= 15 is 0 Å². The molecule has 0 bridgehead atoms. The third kappa shape index (κ3) is 3.21. The molecule has 3 atom stereocenters. The van der Waals surface area contributed by atoms with Crippen molar-refractivity contribution in [1.29, 1.82) is 0 Å². The first-order chi connectivity index (χ1) is 12.2. The quantitative estimate of drug-likeness (QED) is 0.932. The van der Waals surface area contributed by atoms with Crippen molar-refractivity contribution >= 4 is 5.91 Å². The molecule has 2 aromatic carbocycles. The summed E-state index contributed by atoms with van der Waals surface area (Å²) < 4.78 is 0. The molecule has 0 spiro atoms. The molecule has 3 heteroatoms. The van der Waals surface area contributed by atoms with E-state index in [-0.39, 0.29) is 17.9 Å². The number of rotatable bonds is 3. The van der Waals surface area contributed by atoms with E-state index in [4.69, 9.17) is 0 Å². The van der Waals surface area contributed by atoms with Crippen molar-refractivity contribution in [2.45, 2.75) is 44.2 Å². The zero-order valence-electron chi connectivity index (χ0n) is 14.5. The van der Waals surface area contributed by atoms with Crippen LogP contribution in [0.1, 0.15) is 42.0 Å². The van der Waals surface area contributed by atoms with Gasteiger partial charge >= 0.3 is 0 Å². The number of carbonyl (C=O) groups excluding carboxylic acids is 1. The van der Waals surface area contributed by atoms with E-state index in [2.05, 4.69) is 48.5 Å². The fourth-order valence-electron chi connectivity index (χ4n) is 4.41. The largest absolute Gasteiger partial charge is 0.392 e. The van der Waals surface area contributed by atoms with Gasteiger partial charge in [-0.25, -0.2) is 0 Å². The maximum Gasteiger partial charge on any atom is 0.228 e. The molecule has 0 aromatic heterocycles. The number of nitrogens with zero attached hydrogens (tertiary/aromatic N) is 1. The molecule has 1 N–H and O–H groups in total. The van der Waals surface area contributed by atoms with Crippen LogP contribution < -0.4 is 0 Å². The van der Waals surface area contributed by atoms with Crippen LogP contribution in [-0.2, 0) is 17.6 Å². The second kappa shape index (κ2) is 7.01. The summed E-state index contributed by atoms with van der Waals surface area (Å²) in [6, 6.07) is 18.9. The van der Waals surface area contributed by atoms with Gasteiger partial charge in [-0.2, -0.15) is 0 Å². The molecule has 2 aromatic rings. The van der Waals surface area contributed by atoms with E-state index in [0.717, 1.165) is 38.6 Å². The van der Waals surface area contributed by atoms with Gasteiger partial charge in [-0.3, -0.25) is 4.79 Å². The van der Waals surface area contributed by atoms with Crippen LogP contribution in [-0.4, -0.2) is 28.6 Å². The fraction of sp³-hybridized carbons (Fsp3) is 0.409. The topological polar surface area (TPSA) is 40.5 Å². The highest BCUT2D eigenvalue weighted by Gasteiger charge is 2.38. The summed E-state index contributed by atoms with van der Waals surface area (Å²) >= 11 is 0. The molecule has 25 heavy (non-hydrogen) atoms. The number of fused-ring (bicyclic) bond motifs is 1. The van der Waals surface area contributed by atoms with Gasteiger partial charge in [0.25, 0.3) is 0 Å². The van der Waals surface area contributed by atoms with Gasteiger partial charge in [-0.1, -0.05) is 54.6 Å². The van der Waals surface area contributed by atoms with Gasteiger partial charge in [-0.05, 0) is 48.8 Å². The summed E-state index contributed by atoms with van der Waals surface area (Å²) in [5.41, 5.74) is 3.85. The summed E-state index contributed by atoms with van der Waals surface area (Å²) in [6.07, 6.45) is 3.77. The smallest absolute Gasteiger partial charge is 0.228 e. The SMILES string of the molecule is O=C(C1CCCC1O)N1CCc2ccccc2C1Cc1ccccc1. The second-order valence-corrected chi connectivity index (χ2v) is 7.29. The van der Waals surface area contributed by atoms with Gasteiger partial charge in [0.1, 0.15) is 0 Å². The minimum atomic E-state index is -0.470. The van der Waals surface area contributed by atoms with Crippen LogP contribution in [0, 0.1) is 5.92 Å². The van der Waals surface area contributed by atoms with E-state index < -0.39 is 6.10 Å². The Bertz CT molecular complexity index is 743. The molecule has 1 aliphatic heterocycles. The predicted octanol–water partition coefficient (Wildman–Crippen LogP) is 3.52. The van der Waals surface area contributed by atoms with Gasteiger partial charge in [0.05, 0.1) is 18.1 Å². The number of carbonyl (C=O) groups is 1. The van der Waals surface area contributed by atoms with Crippen molar-refractivity contribution in [2.75, 3.05) is 6.54 Å². The summed E-state index contributed by atoms with van der Waals surface area (Å²) in [5.74, 6) is -0.0797. The highest BCUT2D eigenvalue weighted by molar-refractivity contribution is 5.80. The molecule has 1 amide bonds. The normalized spacial score (nSPS) is 25.6. The average Bonchev–Trinajstić information content (AvgIpc) is 3.08. The lowest BCUT2D eigenvalue weighted by Gasteiger charge is -2.39. The van der Waals surface area contributed by atoms with Crippen LogP contribution in [0.3, 0.4) is 0 Å². The van der Waals surface area contributed by atoms with Crippen molar-refractivity contribution in [3.05, 3.63) is 71.3 Å². The molecule has 3 nitrogen and oxygen atoms in total. The molecule has 1 saturated carbocycles. The Morgan fingerprint density at radius 3 is 2.56 bits per heavy atom. The van der Waals surface area contributed by atoms with Crippen molar-refractivity contribution < 1.29 is 9.90 Å². The minimum Gasteiger partial charge on any atom is -0.392 e. The Kier molecular flexibility index (Phi) is 4.58.